The Morgan fingerprint density at radius 1 is 0.971 bits per heavy atom. The molecule has 2 aromatic heterocycles. The number of ether oxygens (including phenoxy) is 5. The molecular weight excluding hydrogens is 488 g/mol. The Labute approximate surface area is 211 Å². The monoisotopic (exact) mass is 512 g/mol. The second-order valence-electron chi connectivity index (χ2n) is 7.47. The van der Waals surface area contributed by atoms with Crippen LogP contribution >= 0.6 is 23.1 Å². The van der Waals surface area contributed by atoms with Crippen molar-refractivity contribution in [3.8, 4) is 50.7 Å². The SMILES string of the molecule is CCn1c(SCc2csc(-c3ccc4c(c3)OCO4)n2)nnc1-c1cc(OC)c(OC)c(OC)c1. The third-order valence-corrected chi connectivity index (χ3v) is 7.42. The van der Waals surface area contributed by atoms with Gasteiger partial charge in [0, 0.05) is 28.8 Å². The minimum atomic E-state index is 0.259. The number of thiazole rings is 1. The fourth-order valence-corrected chi connectivity index (χ4v) is 5.60. The van der Waals surface area contributed by atoms with Crippen molar-refractivity contribution in [3.63, 3.8) is 0 Å². The van der Waals surface area contributed by atoms with Crippen molar-refractivity contribution < 1.29 is 23.7 Å². The van der Waals surface area contributed by atoms with Crippen molar-refractivity contribution >= 4 is 23.1 Å². The number of rotatable bonds is 9. The highest BCUT2D eigenvalue weighted by atomic mass is 32.2. The molecule has 4 aromatic rings. The Morgan fingerprint density at radius 3 is 2.46 bits per heavy atom. The maximum absolute atomic E-state index is 5.50. The molecule has 0 unspecified atom stereocenters. The van der Waals surface area contributed by atoms with Gasteiger partial charge in [-0.05, 0) is 37.3 Å². The summed E-state index contributed by atoms with van der Waals surface area (Å²) in [5.41, 5.74) is 2.82. The van der Waals surface area contributed by atoms with E-state index in [-0.39, 0.29) is 6.79 Å². The molecule has 0 atom stereocenters. The zero-order valence-corrected chi connectivity index (χ0v) is 21.4. The number of fused-ring (bicyclic) bond motifs is 1. The van der Waals surface area contributed by atoms with E-state index in [1.165, 1.54) is 0 Å². The lowest BCUT2D eigenvalue weighted by Crippen LogP contribution is -2.01. The van der Waals surface area contributed by atoms with E-state index in [1.807, 2.05) is 30.3 Å². The largest absolute Gasteiger partial charge is 0.493 e. The van der Waals surface area contributed by atoms with Crippen LogP contribution in [-0.4, -0.2) is 47.9 Å². The van der Waals surface area contributed by atoms with Crippen molar-refractivity contribution in [3.05, 3.63) is 41.4 Å². The number of aromatic nitrogens is 4. The van der Waals surface area contributed by atoms with Gasteiger partial charge >= 0.3 is 0 Å². The Morgan fingerprint density at radius 2 is 1.74 bits per heavy atom. The van der Waals surface area contributed by atoms with Crippen LogP contribution in [0, 0.1) is 0 Å². The predicted molar refractivity (Wildman–Crippen MR) is 134 cm³/mol. The van der Waals surface area contributed by atoms with E-state index < -0.39 is 0 Å². The molecule has 5 rings (SSSR count). The first kappa shape index (κ1) is 23.3. The zero-order chi connectivity index (χ0) is 24.4. The highest BCUT2D eigenvalue weighted by Crippen LogP contribution is 2.41. The molecule has 1 aliphatic heterocycles. The molecule has 0 aliphatic carbocycles. The maximum atomic E-state index is 5.50. The molecule has 9 nitrogen and oxygen atoms in total. The van der Waals surface area contributed by atoms with Gasteiger partial charge in [-0.3, -0.25) is 0 Å². The van der Waals surface area contributed by atoms with E-state index >= 15 is 0 Å². The molecule has 35 heavy (non-hydrogen) atoms. The van der Waals surface area contributed by atoms with Gasteiger partial charge in [0.15, 0.2) is 34.0 Å². The first-order chi connectivity index (χ1) is 17.1. The van der Waals surface area contributed by atoms with Gasteiger partial charge in [0.05, 0.1) is 27.0 Å². The summed E-state index contributed by atoms with van der Waals surface area (Å²) in [7, 11) is 4.77. The average molecular weight is 513 g/mol. The second-order valence-corrected chi connectivity index (χ2v) is 9.27. The Balaban J connectivity index is 1.36. The van der Waals surface area contributed by atoms with E-state index in [0.29, 0.717) is 29.5 Å². The van der Waals surface area contributed by atoms with Crippen LogP contribution in [0.15, 0.2) is 40.9 Å². The fourth-order valence-electron chi connectivity index (χ4n) is 3.78. The van der Waals surface area contributed by atoms with E-state index in [1.54, 1.807) is 44.4 Å². The molecule has 1 aliphatic rings. The highest BCUT2D eigenvalue weighted by Gasteiger charge is 2.20. The summed E-state index contributed by atoms with van der Waals surface area (Å²) < 4.78 is 29.4. The first-order valence-corrected chi connectivity index (χ1v) is 12.7. The van der Waals surface area contributed by atoms with Gasteiger partial charge in [-0.1, -0.05) is 11.8 Å². The van der Waals surface area contributed by atoms with E-state index in [9.17, 15) is 0 Å². The summed E-state index contributed by atoms with van der Waals surface area (Å²) in [5, 5.41) is 12.7. The molecule has 11 heteroatoms. The lowest BCUT2D eigenvalue weighted by Gasteiger charge is -2.14. The molecule has 3 heterocycles. The van der Waals surface area contributed by atoms with E-state index in [0.717, 1.165) is 44.3 Å². The van der Waals surface area contributed by atoms with Crippen LogP contribution in [0.25, 0.3) is 22.0 Å². The van der Waals surface area contributed by atoms with Crippen LogP contribution < -0.4 is 23.7 Å². The van der Waals surface area contributed by atoms with Crippen LogP contribution in [0.4, 0.5) is 0 Å². The van der Waals surface area contributed by atoms with Gasteiger partial charge in [-0.15, -0.1) is 21.5 Å². The maximum Gasteiger partial charge on any atom is 0.231 e. The van der Waals surface area contributed by atoms with Crippen molar-refractivity contribution in [2.45, 2.75) is 24.4 Å². The van der Waals surface area contributed by atoms with Gasteiger partial charge in [-0.25, -0.2) is 4.98 Å². The number of hydrogen-bond donors (Lipinski definition) is 0. The van der Waals surface area contributed by atoms with Crippen molar-refractivity contribution in [1.82, 2.24) is 19.7 Å². The molecule has 0 bridgehead atoms. The molecular formula is C24H24N4O5S2. The minimum absolute atomic E-state index is 0.259. The molecule has 2 aromatic carbocycles. The summed E-state index contributed by atoms with van der Waals surface area (Å²) in [6, 6.07) is 9.64. The smallest absolute Gasteiger partial charge is 0.231 e. The summed E-state index contributed by atoms with van der Waals surface area (Å²) in [4.78, 5) is 4.80. The molecule has 0 radical (unpaired) electrons. The quantitative estimate of drug-likeness (QED) is 0.283. The molecule has 182 valence electrons. The molecule has 0 fully saturated rings. The predicted octanol–water partition coefficient (Wildman–Crippen LogP) is 5.14. The Kier molecular flexibility index (Phi) is 6.69. The molecule has 0 N–H and O–H groups in total. The van der Waals surface area contributed by atoms with Gasteiger partial charge < -0.3 is 28.3 Å². The first-order valence-electron chi connectivity index (χ1n) is 10.9. The second kappa shape index (κ2) is 10.0. The number of methoxy groups -OCH3 is 3. The topological polar surface area (TPSA) is 89.8 Å². The Hall–Kier alpha value is -3.44. The fraction of sp³-hybridized carbons (Fsp3) is 0.292. The van der Waals surface area contributed by atoms with Gasteiger partial charge in [-0.2, -0.15) is 0 Å². The van der Waals surface area contributed by atoms with E-state index in [4.69, 9.17) is 28.7 Å². The zero-order valence-electron chi connectivity index (χ0n) is 19.7. The average Bonchev–Trinajstić information content (AvgIpc) is 3.65. The summed E-state index contributed by atoms with van der Waals surface area (Å²) >= 11 is 3.20. The third-order valence-electron chi connectivity index (χ3n) is 5.48. The number of nitrogens with zero attached hydrogens (tertiary/aromatic N) is 4. The van der Waals surface area contributed by atoms with Crippen molar-refractivity contribution in [1.29, 1.82) is 0 Å². The molecule has 0 spiro atoms. The van der Waals surface area contributed by atoms with Crippen LogP contribution in [0.1, 0.15) is 12.6 Å². The van der Waals surface area contributed by atoms with E-state index in [2.05, 4.69) is 27.1 Å². The van der Waals surface area contributed by atoms with Crippen LogP contribution in [-0.2, 0) is 12.3 Å². The normalized spacial score (nSPS) is 12.1. The van der Waals surface area contributed by atoms with Gasteiger partial charge in [0.25, 0.3) is 0 Å². The van der Waals surface area contributed by atoms with Crippen molar-refractivity contribution in [2.24, 2.45) is 0 Å². The van der Waals surface area contributed by atoms with Crippen molar-refractivity contribution in [2.75, 3.05) is 28.1 Å². The molecule has 0 saturated carbocycles. The number of thioether (sulfide) groups is 1. The molecule has 0 amide bonds. The summed E-state index contributed by atoms with van der Waals surface area (Å²) in [5.74, 6) is 4.60. The summed E-state index contributed by atoms with van der Waals surface area (Å²) in [6.07, 6.45) is 0. The lowest BCUT2D eigenvalue weighted by molar-refractivity contribution is 0.174. The Bertz CT molecular complexity index is 1330. The highest BCUT2D eigenvalue weighted by molar-refractivity contribution is 7.98. The van der Waals surface area contributed by atoms with Crippen LogP contribution in [0.5, 0.6) is 28.7 Å². The number of benzene rings is 2. The minimum Gasteiger partial charge on any atom is -0.493 e. The van der Waals surface area contributed by atoms with Gasteiger partial charge in [0.1, 0.15) is 5.01 Å². The van der Waals surface area contributed by atoms with Gasteiger partial charge in [0.2, 0.25) is 12.5 Å². The third kappa shape index (κ3) is 4.48. The molecule has 0 saturated heterocycles. The summed E-state index contributed by atoms with van der Waals surface area (Å²) in [6.45, 7) is 3.03. The standard InChI is InChI=1S/C24H24N4O5S2/c1-5-28-22(15-9-19(29-2)21(31-4)20(10-15)30-3)26-27-24(28)35-12-16-11-34-23(25-16)14-6-7-17-18(8-14)33-13-32-17/h6-11H,5,12-13H2,1-4H3. The van der Waals surface area contributed by atoms with Crippen LogP contribution in [0.3, 0.4) is 0 Å². The number of hydrogen-bond acceptors (Lipinski definition) is 10. The lowest BCUT2D eigenvalue weighted by atomic mass is 10.1. The van der Waals surface area contributed by atoms with Crippen LogP contribution in [0.2, 0.25) is 0 Å².